The van der Waals surface area contributed by atoms with Gasteiger partial charge < -0.3 is 10.0 Å². The molecule has 1 aromatic heterocycles. The van der Waals surface area contributed by atoms with Gasteiger partial charge >= 0.3 is 0 Å². The number of rotatable bonds is 2. The van der Waals surface area contributed by atoms with Gasteiger partial charge in [-0.05, 0) is 43.3 Å². The lowest BCUT2D eigenvalue weighted by atomic mass is 9.98. The summed E-state index contributed by atoms with van der Waals surface area (Å²) in [6.07, 6.45) is 0.667. The van der Waals surface area contributed by atoms with E-state index in [1.54, 1.807) is 29.2 Å². The third kappa shape index (κ3) is 3.38. The monoisotopic (exact) mass is 379 g/mol. The molecule has 0 aliphatic carbocycles. The van der Waals surface area contributed by atoms with Crippen LogP contribution in [0.3, 0.4) is 0 Å². The first-order valence-corrected chi connectivity index (χ1v) is 9.10. The summed E-state index contributed by atoms with van der Waals surface area (Å²) < 4.78 is 0. The van der Waals surface area contributed by atoms with Crippen molar-refractivity contribution in [3.05, 3.63) is 76.2 Å². The van der Waals surface area contributed by atoms with Crippen LogP contribution in [-0.2, 0) is 13.0 Å². The van der Waals surface area contributed by atoms with Crippen LogP contribution >= 0.6 is 11.6 Å². The molecule has 0 bridgehead atoms. The number of phenols is 1. The van der Waals surface area contributed by atoms with Gasteiger partial charge in [-0.1, -0.05) is 23.7 Å². The Morgan fingerprint density at radius 3 is 2.59 bits per heavy atom. The van der Waals surface area contributed by atoms with Crippen molar-refractivity contribution in [1.82, 2.24) is 14.9 Å². The van der Waals surface area contributed by atoms with Crippen molar-refractivity contribution in [3.63, 3.8) is 0 Å². The molecule has 0 unspecified atom stereocenters. The lowest BCUT2D eigenvalue weighted by Crippen LogP contribution is -2.37. The van der Waals surface area contributed by atoms with E-state index in [0.29, 0.717) is 35.9 Å². The Morgan fingerprint density at radius 1 is 1.11 bits per heavy atom. The Kier molecular flexibility index (Phi) is 4.54. The number of nitrogens with zero attached hydrogens (tertiary/aromatic N) is 3. The number of fused-ring (bicyclic) bond motifs is 1. The second-order valence-corrected chi connectivity index (χ2v) is 6.96. The molecule has 4 rings (SSSR count). The molecule has 6 heteroatoms. The second-order valence-electron chi connectivity index (χ2n) is 6.55. The largest absolute Gasteiger partial charge is 0.508 e. The number of hydrogen-bond acceptors (Lipinski definition) is 4. The molecule has 5 nitrogen and oxygen atoms in total. The highest BCUT2D eigenvalue weighted by atomic mass is 35.5. The molecule has 1 aliphatic heterocycles. The Bertz CT molecular complexity index is 1020. The number of aromatic hydroxyl groups is 1. The SMILES string of the molecule is Cc1nc2c(c(-c3ccc(O)cc3)n1)CN(C(=O)c1ccccc1Cl)CC2. The van der Waals surface area contributed by atoms with Crippen LogP contribution in [-0.4, -0.2) is 32.4 Å². The fourth-order valence-corrected chi connectivity index (χ4v) is 3.59. The Balaban J connectivity index is 1.72. The number of carbonyl (C=O) groups excluding carboxylic acids is 1. The Labute approximate surface area is 162 Å². The number of phenolic OH excluding ortho intramolecular Hbond substituents is 1. The Morgan fingerprint density at radius 2 is 1.85 bits per heavy atom. The van der Waals surface area contributed by atoms with Crippen LogP contribution in [0.25, 0.3) is 11.3 Å². The minimum absolute atomic E-state index is 0.0940. The number of aryl methyl sites for hydroxylation is 1. The zero-order valence-electron chi connectivity index (χ0n) is 14.8. The molecule has 0 fully saturated rings. The van der Waals surface area contributed by atoms with E-state index in [1.807, 2.05) is 31.2 Å². The van der Waals surface area contributed by atoms with Gasteiger partial charge in [0.05, 0.1) is 22.0 Å². The average molecular weight is 380 g/mol. The van der Waals surface area contributed by atoms with Gasteiger partial charge in [-0.2, -0.15) is 0 Å². The predicted molar refractivity (Wildman–Crippen MR) is 104 cm³/mol. The standard InChI is InChI=1S/C21H18ClN3O2/c1-13-23-19-10-11-25(21(27)16-4-2-3-5-18(16)22)12-17(19)20(24-13)14-6-8-15(26)9-7-14/h2-9,26H,10-12H2,1H3. The van der Waals surface area contributed by atoms with Gasteiger partial charge in [0.1, 0.15) is 11.6 Å². The molecule has 1 N–H and O–H groups in total. The average Bonchev–Trinajstić information content (AvgIpc) is 2.67. The molecule has 0 radical (unpaired) electrons. The van der Waals surface area contributed by atoms with Crippen LogP contribution in [0.15, 0.2) is 48.5 Å². The summed E-state index contributed by atoms with van der Waals surface area (Å²) in [6.45, 7) is 2.88. The summed E-state index contributed by atoms with van der Waals surface area (Å²) in [4.78, 5) is 23.9. The summed E-state index contributed by atoms with van der Waals surface area (Å²) in [7, 11) is 0. The van der Waals surface area contributed by atoms with E-state index in [9.17, 15) is 9.90 Å². The van der Waals surface area contributed by atoms with Crippen molar-refractivity contribution in [2.24, 2.45) is 0 Å². The molecule has 1 amide bonds. The highest BCUT2D eigenvalue weighted by Crippen LogP contribution is 2.30. The molecule has 0 saturated heterocycles. The maximum atomic E-state index is 13.0. The number of hydrogen-bond donors (Lipinski definition) is 1. The summed E-state index contributed by atoms with van der Waals surface area (Å²) in [5.74, 6) is 0.806. The van der Waals surface area contributed by atoms with E-state index < -0.39 is 0 Å². The molecule has 27 heavy (non-hydrogen) atoms. The third-order valence-electron chi connectivity index (χ3n) is 4.70. The van der Waals surface area contributed by atoms with Gasteiger partial charge in [0.2, 0.25) is 0 Å². The van der Waals surface area contributed by atoms with E-state index in [0.717, 1.165) is 22.5 Å². The summed E-state index contributed by atoms with van der Waals surface area (Å²) in [5.41, 5.74) is 4.10. The van der Waals surface area contributed by atoms with Crippen molar-refractivity contribution in [1.29, 1.82) is 0 Å². The number of amides is 1. The first-order chi connectivity index (χ1) is 13.0. The van der Waals surface area contributed by atoms with Crippen molar-refractivity contribution < 1.29 is 9.90 Å². The van der Waals surface area contributed by atoms with E-state index >= 15 is 0 Å². The molecule has 3 aromatic rings. The van der Waals surface area contributed by atoms with Crippen LogP contribution < -0.4 is 0 Å². The second kappa shape index (κ2) is 7.00. The summed E-state index contributed by atoms with van der Waals surface area (Å²) in [6, 6.07) is 14.0. The van der Waals surface area contributed by atoms with Gasteiger partial charge in [-0.25, -0.2) is 9.97 Å². The van der Waals surface area contributed by atoms with Gasteiger partial charge in [0.25, 0.3) is 5.91 Å². The number of carbonyl (C=O) groups is 1. The number of aromatic nitrogens is 2. The lowest BCUT2D eigenvalue weighted by Gasteiger charge is -2.30. The first-order valence-electron chi connectivity index (χ1n) is 8.72. The van der Waals surface area contributed by atoms with Crippen LogP contribution in [0.5, 0.6) is 5.75 Å². The molecular formula is C21H18ClN3O2. The van der Waals surface area contributed by atoms with E-state index in [-0.39, 0.29) is 11.7 Å². The van der Waals surface area contributed by atoms with Crippen LogP contribution in [0.1, 0.15) is 27.4 Å². The molecule has 1 aliphatic rings. The van der Waals surface area contributed by atoms with Crippen molar-refractivity contribution in [2.45, 2.75) is 19.9 Å². The molecule has 0 atom stereocenters. The Hall–Kier alpha value is -2.92. The smallest absolute Gasteiger partial charge is 0.255 e. The fraction of sp³-hybridized carbons (Fsp3) is 0.190. The molecule has 136 valence electrons. The van der Waals surface area contributed by atoms with Crippen LogP contribution in [0.2, 0.25) is 5.02 Å². The van der Waals surface area contributed by atoms with Gasteiger partial charge in [0.15, 0.2) is 0 Å². The maximum Gasteiger partial charge on any atom is 0.255 e. The van der Waals surface area contributed by atoms with Crippen molar-refractivity contribution in [3.8, 4) is 17.0 Å². The predicted octanol–water partition coefficient (Wildman–Crippen LogP) is 4.01. The van der Waals surface area contributed by atoms with Crippen molar-refractivity contribution >= 4 is 17.5 Å². The number of benzene rings is 2. The highest BCUT2D eigenvalue weighted by molar-refractivity contribution is 6.33. The fourth-order valence-electron chi connectivity index (χ4n) is 3.37. The number of halogens is 1. The van der Waals surface area contributed by atoms with E-state index in [4.69, 9.17) is 11.6 Å². The summed E-state index contributed by atoms with van der Waals surface area (Å²) in [5, 5.41) is 10.0. The minimum atomic E-state index is -0.0940. The minimum Gasteiger partial charge on any atom is -0.508 e. The molecular weight excluding hydrogens is 362 g/mol. The molecule has 0 spiro atoms. The molecule has 2 heterocycles. The maximum absolute atomic E-state index is 13.0. The van der Waals surface area contributed by atoms with Gasteiger partial charge in [-0.15, -0.1) is 0 Å². The zero-order valence-corrected chi connectivity index (χ0v) is 15.6. The molecule has 0 saturated carbocycles. The zero-order chi connectivity index (χ0) is 19.0. The van der Waals surface area contributed by atoms with Gasteiger partial charge in [0, 0.05) is 30.6 Å². The van der Waals surface area contributed by atoms with Crippen LogP contribution in [0, 0.1) is 6.92 Å². The highest BCUT2D eigenvalue weighted by Gasteiger charge is 2.27. The molecule has 2 aromatic carbocycles. The topological polar surface area (TPSA) is 66.3 Å². The normalized spacial score (nSPS) is 13.3. The van der Waals surface area contributed by atoms with Crippen molar-refractivity contribution in [2.75, 3.05) is 6.54 Å². The quantitative estimate of drug-likeness (QED) is 0.730. The lowest BCUT2D eigenvalue weighted by molar-refractivity contribution is 0.0734. The summed E-state index contributed by atoms with van der Waals surface area (Å²) >= 11 is 6.21. The third-order valence-corrected chi connectivity index (χ3v) is 5.03. The van der Waals surface area contributed by atoms with E-state index in [1.165, 1.54) is 0 Å². The van der Waals surface area contributed by atoms with E-state index in [2.05, 4.69) is 9.97 Å². The van der Waals surface area contributed by atoms with Gasteiger partial charge in [-0.3, -0.25) is 4.79 Å². The first kappa shape index (κ1) is 17.5. The van der Waals surface area contributed by atoms with Crippen LogP contribution in [0.4, 0.5) is 0 Å².